The molecule has 1 heterocycles. The van der Waals surface area contributed by atoms with E-state index in [9.17, 15) is 9.90 Å². The summed E-state index contributed by atoms with van der Waals surface area (Å²) >= 11 is 0. The number of hydrogen-bond donors (Lipinski definition) is 1. The van der Waals surface area contributed by atoms with Crippen LogP contribution in [-0.4, -0.2) is 23.3 Å². The second-order valence-corrected chi connectivity index (χ2v) is 7.23. The van der Waals surface area contributed by atoms with Crippen LogP contribution in [0.4, 0.5) is 0 Å². The van der Waals surface area contributed by atoms with Crippen molar-refractivity contribution in [3.63, 3.8) is 0 Å². The van der Waals surface area contributed by atoms with Crippen molar-refractivity contribution in [3.8, 4) is 0 Å². The Hall–Kier alpha value is -1.61. The first-order valence-corrected chi connectivity index (χ1v) is 8.40. The molecular formula is C20H28O3. The number of carbonyl (C=O) groups is 1. The van der Waals surface area contributed by atoms with E-state index in [1.54, 1.807) is 32.1 Å². The Morgan fingerprint density at radius 2 is 2.09 bits per heavy atom. The number of fused-ring (bicyclic) bond motifs is 1. The Balaban J connectivity index is 2.29. The minimum Gasteiger partial charge on any atom is -0.462 e. The normalized spacial score (nSPS) is 31.0. The zero-order chi connectivity index (χ0) is 17.0. The van der Waals surface area contributed by atoms with Crippen molar-refractivity contribution in [1.82, 2.24) is 0 Å². The molecule has 1 saturated heterocycles. The Kier molecular flexibility index (Phi) is 5.64. The molecule has 0 aromatic rings. The molecular weight excluding hydrogens is 288 g/mol. The van der Waals surface area contributed by atoms with E-state index in [1.807, 2.05) is 0 Å². The molecule has 2 aliphatic rings. The predicted octanol–water partition coefficient (Wildman–Crippen LogP) is 4.11. The van der Waals surface area contributed by atoms with Gasteiger partial charge in [-0.05, 0) is 46.5 Å². The molecule has 2 rings (SSSR count). The molecule has 1 aliphatic heterocycles. The number of allylic oxidation sites excluding steroid dienone is 4. The molecule has 0 amide bonds. The van der Waals surface area contributed by atoms with Crippen molar-refractivity contribution in [3.05, 3.63) is 47.6 Å². The van der Waals surface area contributed by atoms with Gasteiger partial charge in [0.15, 0.2) is 0 Å². The fraction of sp³-hybridized carbons (Fsp3) is 0.550. The van der Waals surface area contributed by atoms with Gasteiger partial charge in [-0.25, -0.2) is 4.79 Å². The minimum atomic E-state index is -0.892. The fourth-order valence-corrected chi connectivity index (χ4v) is 3.25. The minimum absolute atomic E-state index is 0.150. The molecule has 2 atom stereocenters. The molecule has 1 aliphatic carbocycles. The summed E-state index contributed by atoms with van der Waals surface area (Å²) in [6.45, 7) is 10.2. The SMILES string of the molecule is C=C1CC/C=C(\C)CCC2/C(=C\C=C\C(C)(C)O)C(=O)OC[C@@H]12. The van der Waals surface area contributed by atoms with Gasteiger partial charge in [0.05, 0.1) is 12.2 Å². The Morgan fingerprint density at radius 1 is 1.35 bits per heavy atom. The van der Waals surface area contributed by atoms with Crippen molar-refractivity contribution in [2.24, 2.45) is 11.8 Å². The number of carbonyl (C=O) groups excluding carboxylic acids is 1. The summed E-state index contributed by atoms with van der Waals surface area (Å²) in [5, 5.41) is 9.79. The molecule has 3 nitrogen and oxygen atoms in total. The Labute approximate surface area is 139 Å². The van der Waals surface area contributed by atoms with Gasteiger partial charge in [-0.15, -0.1) is 0 Å². The van der Waals surface area contributed by atoms with Crippen LogP contribution in [0.15, 0.2) is 47.6 Å². The molecule has 0 radical (unpaired) electrons. The third-order valence-electron chi connectivity index (χ3n) is 4.63. The third-order valence-corrected chi connectivity index (χ3v) is 4.63. The molecule has 0 aromatic heterocycles. The van der Waals surface area contributed by atoms with Crippen LogP contribution < -0.4 is 0 Å². The van der Waals surface area contributed by atoms with Crippen LogP contribution >= 0.6 is 0 Å². The van der Waals surface area contributed by atoms with Crippen LogP contribution in [0.5, 0.6) is 0 Å². The highest BCUT2D eigenvalue weighted by Crippen LogP contribution is 2.38. The van der Waals surface area contributed by atoms with Crippen LogP contribution in [0.2, 0.25) is 0 Å². The fourth-order valence-electron chi connectivity index (χ4n) is 3.25. The first-order chi connectivity index (χ1) is 10.8. The largest absolute Gasteiger partial charge is 0.462 e. The van der Waals surface area contributed by atoms with E-state index in [4.69, 9.17) is 4.74 Å². The lowest BCUT2D eigenvalue weighted by atomic mass is 9.76. The summed E-state index contributed by atoms with van der Waals surface area (Å²) < 4.78 is 5.40. The van der Waals surface area contributed by atoms with Gasteiger partial charge < -0.3 is 9.84 Å². The van der Waals surface area contributed by atoms with Gasteiger partial charge in [0, 0.05) is 17.4 Å². The van der Waals surface area contributed by atoms with E-state index in [0.717, 1.165) is 25.7 Å². The number of hydrogen-bond acceptors (Lipinski definition) is 3. The van der Waals surface area contributed by atoms with Gasteiger partial charge in [-0.3, -0.25) is 0 Å². The molecule has 1 unspecified atom stereocenters. The Morgan fingerprint density at radius 3 is 2.78 bits per heavy atom. The first-order valence-electron chi connectivity index (χ1n) is 8.40. The van der Waals surface area contributed by atoms with Crippen molar-refractivity contribution in [2.75, 3.05) is 6.61 Å². The monoisotopic (exact) mass is 316 g/mol. The number of ether oxygens (including phenoxy) is 1. The van der Waals surface area contributed by atoms with E-state index in [1.165, 1.54) is 11.1 Å². The summed E-state index contributed by atoms with van der Waals surface area (Å²) in [7, 11) is 0. The highest BCUT2D eigenvalue weighted by Gasteiger charge is 2.36. The van der Waals surface area contributed by atoms with Gasteiger partial charge >= 0.3 is 5.97 Å². The lowest BCUT2D eigenvalue weighted by Gasteiger charge is -2.34. The molecule has 0 bridgehead atoms. The third kappa shape index (κ3) is 4.93. The molecule has 1 fully saturated rings. The number of esters is 1. The average Bonchev–Trinajstić information content (AvgIpc) is 2.51. The van der Waals surface area contributed by atoms with Crippen molar-refractivity contribution >= 4 is 5.97 Å². The zero-order valence-corrected chi connectivity index (χ0v) is 14.5. The van der Waals surface area contributed by atoms with Gasteiger partial charge in [-0.2, -0.15) is 0 Å². The van der Waals surface area contributed by atoms with Gasteiger partial charge in [-0.1, -0.05) is 42.0 Å². The maximum Gasteiger partial charge on any atom is 0.334 e. The van der Waals surface area contributed by atoms with Crippen LogP contribution in [0.3, 0.4) is 0 Å². The van der Waals surface area contributed by atoms with Crippen LogP contribution in [0.25, 0.3) is 0 Å². The molecule has 0 spiro atoms. The number of cyclic esters (lactones) is 1. The van der Waals surface area contributed by atoms with E-state index < -0.39 is 5.60 Å². The van der Waals surface area contributed by atoms with Gasteiger partial charge in [0.25, 0.3) is 0 Å². The summed E-state index contributed by atoms with van der Waals surface area (Å²) in [5.74, 6) is 0.116. The molecule has 3 heteroatoms. The highest BCUT2D eigenvalue weighted by molar-refractivity contribution is 5.90. The highest BCUT2D eigenvalue weighted by atomic mass is 16.5. The topological polar surface area (TPSA) is 46.5 Å². The number of aliphatic hydroxyl groups is 1. The van der Waals surface area contributed by atoms with E-state index in [-0.39, 0.29) is 17.8 Å². The predicted molar refractivity (Wildman–Crippen MR) is 92.8 cm³/mol. The summed E-state index contributed by atoms with van der Waals surface area (Å²) in [4.78, 5) is 12.2. The summed E-state index contributed by atoms with van der Waals surface area (Å²) in [5.41, 5.74) is 2.36. The molecule has 23 heavy (non-hydrogen) atoms. The van der Waals surface area contributed by atoms with Crippen LogP contribution in [0.1, 0.15) is 46.5 Å². The summed E-state index contributed by atoms with van der Waals surface area (Å²) in [6, 6.07) is 0. The smallest absolute Gasteiger partial charge is 0.334 e. The molecule has 126 valence electrons. The number of rotatable bonds is 2. The van der Waals surface area contributed by atoms with E-state index in [0.29, 0.717) is 12.2 Å². The van der Waals surface area contributed by atoms with Crippen LogP contribution in [0, 0.1) is 11.8 Å². The second kappa shape index (κ2) is 7.31. The Bertz CT molecular complexity index is 558. The lowest BCUT2D eigenvalue weighted by molar-refractivity contribution is -0.144. The molecule has 1 N–H and O–H groups in total. The lowest BCUT2D eigenvalue weighted by Crippen LogP contribution is -2.34. The second-order valence-electron chi connectivity index (χ2n) is 7.23. The molecule has 0 aromatic carbocycles. The van der Waals surface area contributed by atoms with Gasteiger partial charge in [0.2, 0.25) is 0 Å². The van der Waals surface area contributed by atoms with Crippen molar-refractivity contribution < 1.29 is 14.6 Å². The van der Waals surface area contributed by atoms with E-state index in [2.05, 4.69) is 19.6 Å². The maximum absolute atomic E-state index is 12.2. The average molecular weight is 316 g/mol. The zero-order valence-electron chi connectivity index (χ0n) is 14.5. The maximum atomic E-state index is 12.2. The van der Waals surface area contributed by atoms with Crippen molar-refractivity contribution in [2.45, 2.75) is 52.1 Å². The quantitative estimate of drug-likeness (QED) is 0.474. The van der Waals surface area contributed by atoms with E-state index >= 15 is 0 Å². The summed E-state index contributed by atoms with van der Waals surface area (Å²) in [6.07, 6.45) is 11.4. The van der Waals surface area contributed by atoms with Gasteiger partial charge in [0.1, 0.15) is 0 Å². The standard InChI is InChI=1S/C20H28O3/c1-14-7-5-8-15(2)18-13-23-19(21)17(16(18)11-10-14)9-6-12-20(3,4)22/h6-7,9,12,16,18,22H,2,5,8,10-11,13H2,1,3-4H3/b12-6+,14-7+,17-9+/t16?,18-/m0/s1. The van der Waals surface area contributed by atoms with Crippen LogP contribution in [-0.2, 0) is 9.53 Å². The first kappa shape index (κ1) is 17.7. The molecule has 0 saturated carbocycles. The van der Waals surface area contributed by atoms with Crippen molar-refractivity contribution in [1.29, 1.82) is 0 Å².